The zero-order chi connectivity index (χ0) is 16.2. The molecular formula is C19H22N2O2. The number of unbranched alkanes of at least 4 members (excludes halogenated alkanes) is 1. The van der Waals surface area contributed by atoms with E-state index in [-0.39, 0.29) is 11.8 Å². The maximum absolute atomic E-state index is 12.7. The quantitative estimate of drug-likeness (QED) is 0.605. The summed E-state index contributed by atoms with van der Waals surface area (Å²) in [6.07, 6.45) is 14.3. The Bertz CT molecular complexity index is 677. The van der Waals surface area contributed by atoms with Gasteiger partial charge in [-0.3, -0.25) is 14.5 Å². The van der Waals surface area contributed by atoms with E-state index in [0.717, 1.165) is 30.5 Å². The van der Waals surface area contributed by atoms with Gasteiger partial charge in [0.05, 0.1) is 0 Å². The maximum atomic E-state index is 12.7. The predicted octanol–water partition coefficient (Wildman–Crippen LogP) is 2.42. The average Bonchev–Trinajstić information content (AvgIpc) is 2.89. The van der Waals surface area contributed by atoms with Crippen molar-refractivity contribution in [1.29, 1.82) is 0 Å². The number of allylic oxidation sites excluding steroid dienone is 6. The number of rotatable bonds is 6. The van der Waals surface area contributed by atoms with Crippen molar-refractivity contribution in [2.75, 3.05) is 19.6 Å². The fourth-order valence-electron chi connectivity index (χ4n) is 3.05. The fourth-order valence-corrected chi connectivity index (χ4v) is 3.05. The SMILES string of the molecule is CCCCNCCN1C(=O)C2=CC=CC3=CC=CC(=C2C3)C1=O. The molecule has 4 heteroatoms. The Morgan fingerprint density at radius 3 is 2.74 bits per heavy atom. The molecule has 0 aromatic carbocycles. The lowest BCUT2D eigenvalue weighted by atomic mass is 9.90. The van der Waals surface area contributed by atoms with Crippen LogP contribution < -0.4 is 5.32 Å². The molecule has 0 unspecified atom stereocenters. The van der Waals surface area contributed by atoms with E-state index in [1.54, 1.807) is 0 Å². The molecule has 2 aliphatic carbocycles. The van der Waals surface area contributed by atoms with Crippen molar-refractivity contribution >= 4 is 11.8 Å². The summed E-state index contributed by atoms with van der Waals surface area (Å²) in [7, 11) is 0. The first-order valence-corrected chi connectivity index (χ1v) is 8.28. The lowest BCUT2D eigenvalue weighted by molar-refractivity contribution is -0.140. The molecule has 1 N–H and O–H groups in total. The first-order chi connectivity index (χ1) is 11.2. The number of amides is 2. The lowest BCUT2D eigenvalue weighted by Gasteiger charge is -2.29. The van der Waals surface area contributed by atoms with Crippen molar-refractivity contribution in [1.82, 2.24) is 10.2 Å². The van der Waals surface area contributed by atoms with Gasteiger partial charge in [-0.15, -0.1) is 0 Å². The normalized spacial score (nSPS) is 19.6. The van der Waals surface area contributed by atoms with Gasteiger partial charge in [0.2, 0.25) is 0 Å². The molecule has 4 nitrogen and oxygen atoms in total. The number of hydrogen-bond donors (Lipinski definition) is 1. The molecule has 3 aliphatic rings. The van der Waals surface area contributed by atoms with Crippen molar-refractivity contribution in [2.24, 2.45) is 0 Å². The summed E-state index contributed by atoms with van der Waals surface area (Å²) in [4.78, 5) is 26.8. The molecule has 23 heavy (non-hydrogen) atoms. The minimum absolute atomic E-state index is 0.174. The van der Waals surface area contributed by atoms with Crippen LogP contribution in [-0.4, -0.2) is 36.3 Å². The molecule has 0 atom stereocenters. The van der Waals surface area contributed by atoms with Gasteiger partial charge >= 0.3 is 0 Å². The van der Waals surface area contributed by atoms with Crippen LogP contribution in [0, 0.1) is 0 Å². The fraction of sp³-hybridized carbons (Fsp3) is 0.368. The second kappa shape index (κ2) is 6.92. The average molecular weight is 310 g/mol. The Balaban J connectivity index is 1.82. The molecule has 1 aliphatic heterocycles. The number of hydrogen-bond acceptors (Lipinski definition) is 3. The molecule has 3 rings (SSSR count). The van der Waals surface area contributed by atoms with Crippen molar-refractivity contribution in [3.8, 4) is 0 Å². The molecule has 0 aromatic heterocycles. The van der Waals surface area contributed by atoms with Crippen LogP contribution in [-0.2, 0) is 9.59 Å². The minimum atomic E-state index is -0.174. The highest BCUT2D eigenvalue weighted by Gasteiger charge is 2.36. The molecule has 2 bridgehead atoms. The third kappa shape index (κ3) is 3.13. The number of nitrogens with zero attached hydrogens (tertiary/aromatic N) is 1. The molecule has 0 aromatic rings. The Hall–Kier alpha value is -2.20. The van der Waals surface area contributed by atoms with E-state index in [9.17, 15) is 9.59 Å². The standard InChI is InChI=1S/C19H22N2O2/c1-2-3-10-20-11-12-21-18(22)15-8-4-6-14-7-5-9-16(19(21)23)17(15)13-14/h4-9,20H,2-3,10-13H2,1H3. The number of nitrogens with one attached hydrogen (secondary N) is 1. The van der Waals surface area contributed by atoms with E-state index >= 15 is 0 Å². The number of carbonyl (C=O) groups is 2. The first-order valence-electron chi connectivity index (χ1n) is 8.28. The molecule has 2 amide bonds. The molecular weight excluding hydrogens is 288 g/mol. The van der Waals surface area contributed by atoms with Crippen molar-refractivity contribution in [3.63, 3.8) is 0 Å². The van der Waals surface area contributed by atoms with Gasteiger partial charge < -0.3 is 5.32 Å². The van der Waals surface area contributed by atoms with Crippen LogP contribution in [0.15, 0.2) is 58.7 Å². The van der Waals surface area contributed by atoms with E-state index in [4.69, 9.17) is 0 Å². The molecule has 0 saturated heterocycles. The van der Waals surface area contributed by atoms with E-state index in [2.05, 4.69) is 12.2 Å². The van der Waals surface area contributed by atoms with Crippen LogP contribution in [0.3, 0.4) is 0 Å². The second-order valence-corrected chi connectivity index (χ2v) is 5.97. The van der Waals surface area contributed by atoms with Gasteiger partial charge in [-0.05, 0) is 42.7 Å². The molecule has 0 spiro atoms. The summed E-state index contributed by atoms with van der Waals surface area (Å²) >= 11 is 0. The monoisotopic (exact) mass is 310 g/mol. The third-order valence-electron chi connectivity index (χ3n) is 4.35. The topological polar surface area (TPSA) is 49.4 Å². The van der Waals surface area contributed by atoms with Crippen molar-refractivity contribution < 1.29 is 9.59 Å². The summed E-state index contributed by atoms with van der Waals surface area (Å²) in [6.45, 7) is 4.10. The van der Waals surface area contributed by atoms with E-state index < -0.39 is 0 Å². The number of fused-ring (bicyclic) bond motifs is 1. The van der Waals surface area contributed by atoms with Gasteiger partial charge in [-0.1, -0.05) is 37.6 Å². The summed E-state index contributed by atoms with van der Waals surface area (Å²) in [5.41, 5.74) is 3.28. The smallest absolute Gasteiger partial charge is 0.261 e. The predicted molar refractivity (Wildman–Crippen MR) is 90.6 cm³/mol. The van der Waals surface area contributed by atoms with Crippen LogP contribution >= 0.6 is 0 Å². The molecule has 0 radical (unpaired) electrons. The summed E-state index contributed by atoms with van der Waals surface area (Å²) in [6, 6.07) is 0. The van der Waals surface area contributed by atoms with Gasteiger partial charge in [0.25, 0.3) is 11.8 Å². The zero-order valence-corrected chi connectivity index (χ0v) is 13.5. The molecule has 0 fully saturated rings. The Kier molecular flexibility index (Phi) is 4.72. The molecule has 0 saturated carbocycles. The molecule has 120 valence electrons. The highest BCUT2D eigenvalue weighted by molar-refractivity contribution is 6.18. The highest BCUT2D eigenvalue weighted by Crippen LogP contribution is 2.34. The van der Waals surface area contributed by atoms with Gasteiger partial charge in [0.15, 0.2) is 0 Å². The van der Waals surface area contributed by atoms with Crippen LogP contribution in [0.1, 0.15) is 26.2 Å². The van der Waals surface area contributed by atoms with Crippen LogP contribution in [0.25, 0.3) is 0 Å². The van der Waals surface area contributed by atoms with E-state index in [1.165, 1.54) is 4.90 Å². The first kappa shape index (κ1) is 15.7. The Morgan fingerprint density at radius 2 is 1.91 bits per heavy atom. The number of imide groups is 1. The number of carbonyl (C=O) groups excluding carboxylic acids is 2. The van der Waals surface area contributed by atoms with Crippen molar-refractivity contribution in [3.05, 3.63) is 58.7 Å². The van der Waals surface area contributed by atoms with Gasteiger partial charge in [0.1, 0.15) is 0 Å². The lowest BCUT2D eigenvalue weighted by Crippen LogP contribution is -2.45. The zero-order valence-electron chi connectivity index (χ0n) is 13.5. The van der Waals surface area contributed by atoms with Crippen LogP contribution in [0.5, 0.6) is 0 Å². The summed E-state index contributed by atoms with van der Waals surface area (Å²) in [5.74, 6) is -0.348. The van der Waals surface area contributed by atoms with Crippen molar-refractivity contribution in [2.45, 2.75) is 26.2 Å². The van der Waals surface area contributed by atoms with Crippen LogP contribution in [0.2, 0.25) is 0 Å². The highest BCUT2D eigenvalue weighted by atomic mass is 16.2. The van der Waals surface area contributed by atoms with Gasteiger partial charge in [-0.25, -0.2) is 0 Å². The van der Waals surface area contributed by atoms with E-state index in [1.807, 2.05) is 36.5 Å². The third-order valence-corrected chi connectivity index (χ3v) is 4.35. The maximum Gasteiger partial charge on any atom is 0.261 e. The Labute approximate surface area is 136 Å². The second-order valence-electron chi connectivity index (χ2n) is 5.97. The Morgan fingerprint density at radius 1 is 1.09 bits per heavy atom. The van der Waals surface area contributed by atoms with E-state index in [0.29, 0.717) is 30.7 Å². The summed E-state index contributed by atoms with van der Waals surface area (Å²) < 4.78 is 0. The molecule has 1 heterocycles. The minimum Gasteiger partial charge on any atom is -0.315 e. The van der Waals surface area contributed by atoms with Crippen LogP contribution in [0.4, 0.5) is 0 Å². The van der Waals surface area contributed by atoms with Gasteiger partial charge in [0, 0.05) is 24.2 Å². The largest absolute Gasteiger partial charge is 0.315 e. The van der Waals surface area contributed by atoms with Gasteiger partial charge in [-0.2, -0.15) is 0 Å². The summed E-state index contributed by atoms with van der Waals surface area (Å²) in [5, 5.41) is 3.29.